The maximum Gasteiger partial charge on any atom is 0.261 e. The molecule has 0 spiro atoms. The van der Waals surface area contributed by atoms with Crippen molar-refractivity contribution < 1.29 is 9.53 Å². The van der Waals surface area contributed by atoms with Crippen LogP contribution >= 0.6 is 11.6 Å². The van der Waals surface area contributed by atoms with E-state index in [4.69, 9.17) is 16.3 Å². The van der Waals surface area contributed by atoms with Gasteiger partial charge in [-0.1, -0.05) is 60.1 Å². The lowest BCUT2D eigenvalue weighted by Crippen LogP contribution is -2.42. The lowest BCUT2D eigenvalue weighted by molar-refractivity contribution is -0.135. The summed E-state index contributed by atoms with van der Waals surface area (Å²) < 4.78 is 5.75. The molecule has 1 aliphatic rings. The van der Waals surface area contributed by atoms with Crippen LogP contribution < -0.4 is 4.74 Å². The Morgan fingerprint density at radius 3 is 2.53 bits per heavy atom. The smallest absolute Gasteiger partial charge is 0.261 e. The molecule has 2 heterocycles. The summed E-state index contributed by atoms with van der Waals surface area (Å²) in [6.45, 7) is 0.642. The molecule has 5 rings (SSSR count). The monoisotopic (exact) mass is 416 g/mol. The van der Waals surface area contributed by atoms with Crippen LogP contribution in [0.5, 0.6) is 5.75 Å². The van der Waals surface area contributed by atoms with E-state index in [1.807, 2.05) is 65.6 Å². The number of rotatable bonds is 4. The van der Waals surface area contributed by atoms with E-state index in [0.717, 1.165) is 23.2 Å². The van der Waals surface area contributed by atoms with Crippen LogP contribution in [0.3, 0.4) is 0 Å². The number of aromatic nitrogens is 1. The summed E-state index contributed by atoms with van der Waals surface area (Å²) in [6.07, 6.45) is 0.806. The average Bonchev–Trinajstić information content (AvgIpc) is 3.17. The molecule has 150 valence electrons. The zero-order valence-corrected chi connectivity index (χ0v) is 17.1. The third kappa shape index (κ3) is 3.44. The normalized spacial score (nSPS) is 15.8. The second kappa shape index (κ2) is 7.88. The number of para-hydroxylation sites is 2. The van der Waals surface area contributed by atoms with Gasteiger partial charge < -0.3 is 14.6 Å². The van der Waals surface area contributed by atoms with Gasteiger partial charge in [-0.3, -0.25) is 4.79 Å². The summed E-state index contributed by atoms with van der Waals surface area (Å²) in [4.78, 5) is 18.7. The number of hydrogen-bond donors (Lipinski definition) is 1. The first-order valence-corrected chi connectivity index (χ1v) is 10.4. The molecule has 1 atom stereocenters. The highest BCUT2D eigenvalue weighted by molar-refractivity contribution is 6.30. The van der Waals surface area contributed by atoms with Crippen LogP contribution in [0.25, 0.3) is 10.9 Å². The zero-order chi connectivity index (χ0) is 20.5. The number of fused-ring (bicyclic) bond motifs is 3. The molecule has 3 aromatic carbocycles. The molecule has 4 nitrogen and oxygen atoms in total. The second-order valence-corrected chi connectivity index (χ2v) is 7.89. The molecule has 1 aromatic heterocycles. The number of benzene rings is 3. The van der Waals surface area contributed by atoms with Crippen molar-refractivity contribution in [3.05, 3.63) is 101 Å². The Morgan fingerprint density at radius 1 is 1.00 bits per heavy atom. The molecule has 1 amide bonds. The van der Waals surface area contributed by atoms with Crippen LogP contribution in [-0.2, 0) is 11.2 Å². The molecule has 0 bridgehead atoms. The summed E-state index contributed by atoms with van der Waals surface area (Å²) in [6, 6.07) is 25.3. The highest BCUT2D eigenvalue weighted by Crippen LogP contribution is 2.38. The highest BCUT2D eigenvalue weighted by atomic mass is 35.5. The van der Waals surface area contributed by atoms with Gasteiger partial charge in [0.1, 0.15) is 5.75 Å². The van der Waals surface area contributed by atoms with Crippen molar-refractivity contribution in [3.63, 3.8) is 0 Å². The van der Waals surface area contributed by atoms with E-state index in [0.29, 0.717) is 17.3 Å². The maximum atomic E-state index is 13.2. The number of ether oxygens (including phenoxy) is 1. The fourth-order valence-electron chi connectivity index (χ4n) is 4.25. The van der Waals surface area contributed by atoms with E-state index < -0.39 is 0 Å². The molecule has 0 saturated carbocycles. The number of nitrogens with one attached hydrogen (secondary N) is 1. The van der Waals surface area contributed by atoms with Gasteiger partial charge in [0.25, 0.3) is 5.91 Å². The topological polar surface area (TPSA) is 45.3 Å². The zero-order valence-electron chi connectivity index (χ0n) is 16.3. The van der Waals surface area contributed by atoms with Crippen LogP contribution in [0.4, 0.5) is 0 Å². The Hall–Kier alpha value is -3.24. The van der Waals surface area contributed by atoms with E-state index in [1.165, 1.54) is 10.9 Å². The largest absolute Gasteiger partial charge is 0.484 e. The average molecular weight is 417 g/mol. The number of nitrogens with zero attached hydrogens (tertiary/aromatic N) is 1. The standard InChI is InChI=1S/C25H21ClN2O2/c26-18-12-10-17(11-13-18)25-24-21(20-8-4-5-9-22(20)27-24)14-15-28(25)23(29)16-30-19-6-2-1-3-7-19/h1-13,25,27H,14-16H2. The Balaban J connectivity index is 1.51. The van der Waals surface area contributed by atoms with Crippen LogP contribution in [-0.4, -0.2) is 28.9 Å². The molecule has 0 saturated heterocycles. The highest BCUT2D eigenvalue weighted by Gasteiger charge is 2.34. The van der Waals surface area contributed by atoms with Gasteiger partial charge in [-0.15, -0.1) is 0 Å². The number of amides is 1. The summed E-state index contributed by atoms with van der Waals surface area (Å²) in [7, 11) is 0. The van der Waals surface area contributed by atoms with Gasteiger partial charge in [0.05, 0.1) is 6.04 Å². The lowest BCUT2D eigenvalue weighted by Gasteiger charge is -2.36. The number of carbonyl (C=O) groups is 1. The third-order valence-electron chi connectivity index (χ3n) is 5.65. The summed E-state index contributed by atoms with van der Waals surface area (Å²) in [5, 5.41) is 1.90. The molecular formula is C25H21ClN2O2. The number of carbonyl (C=O) groups excluding carboxylic acids is 1. The first-order chi connectivity index (χ1) is 14.7. The maximum absolute atomic E-state index is 13.2. The van der Waals surface area contributed by atoms with E-state index in [1.54, 1.807) is 0 Å². The van der Waals surface area contributed by atoms with Gasteiger partial charge >= 0.3 is 0 Å². The van der Waals surface area contributed by atoms with Crippen LogP contribution in [0, 0.1) is 0 Å². The molecule has 4 aromatic rings. The molecule has 1 unspecified atom stereocenters. The minimum atomic E-state index is -0.203. The Kier molecular flexibility index (Phi) is 4.93. The van der Waals surface area contributed by atoms with Crippen molar-refractivity contribution in [2.24, 2.45) is 0 Å². The number of H-pyrrole nitrogens is 1. The minimum Gasteiger partial charge on any atom is -0.484 e. The molecule has 5 heteroatoms. The lowest BCUT2D eigenvalue weighted by atomic mass is 9.92. The summed E-state index contributed by atoms with van der Waals surface area (Å²) in [5.74, 6) is 0.653. The fourth-order valence-corrected chi connectivity index (χ4v) is 4.37. The summed E-state index contributed by atoms with van der Waals surface area (Å²) >= 11 is 6.12. The van der Waals surface area contributed by atoms with E-state index in [2.05, 4.69) is 23.2 Å². The van der Waals surface area contributed by atoms with Gasteiger partial charge in [-0.05, 0) is 47.9 Å². The Morgan fingerprint density at radius 2 is 1.73 bits per heavy atom. The van der Waals surface area contributed by atoms with Crippen molar-refractivity contribution in [1.29, 1.82) is 0 Å². The molecule has 0 radical (unpaired) electrons. The number of hydrogen-bond acceptors (Lipinski definition) is 2. The number of halogens is 1. The van der Waals surface area contributed by atoms with E-state index in [9.17, 15) is 4.79 Å². The Labute approximate surface area is 180 Å². The Bertz CT molecular complexity index is 1180. The van der Waals surface area contributed by atoms with Crippen LogP contribution in [0.2, 0.25) is 5.02 Å². The SMILES string of the molecule is O=C(COc1ccccc1)N1CCc2c([nH]c3ccccc23)C1c1ccc(Cl)cc1. The second-order valence-electron chi connectivity index (χ2n) is 7.46. The van der Waals surface area contributed by atoms with Crippen molar-refractivity contribution >= 4 is 28.4 Å². The van der Waals surface area contributed by atoms with Gasteiger partial charge in [0.15, 0.2) is 6.61 Å². The van der Waals surface area contributed by atoms with Crippen molar-refractivity contribution in [2.75, 3.05) is 13.2 Å². The van der Waals surface area contributed by atoms with Crippen LogP contribution in [0.1, 0.15) is 22.9 Å². The molecule has 0 fully saturated rings. The van der Waals surface area contributed by atoms with Crippen molar-refractivity contribution in [1.82, 2.24) is 9.88 Å². The molecule has 0 aliphatic carbocycles. The molecule has 30 heavy (non-hydrogen) atoms. The van der Waals surface area contributed by atoms with Crippen molar-refractivity contribution in [2.45, 2.75) is 12.5 Å². The number of aromatic amines is 1. The van der Waals surface area contributed by atoms with E-state index in [-0.39, 0.29) is 18.6 Å². The predicted molar refractivity (Wildman–Crippen MR) is 119 cm³/mol. The van der Waals surface area contributed by atoms with Gasteiger partial charge in [-0.25, -0.2) is 0 Å². The molecular weight excluding hydrogens is 396 g/mol. The first kappa shape index (κ1) is 18.8. The van der Waals surface area contributed by atoms with E-state index >= 15 is 0 Å². The van der Waals surface area contributed by atoms with Crippen LogP contribution in [0.15, 0.2) is 78.9 Å². The minimum absolute atomic E-state index is 0.00364. The van der Waals surface area contributed by atoms with Gasteiger partial charge in [0.2, 0.25) is 0 Å². The predicted octanol–water partition coefficient (Wildman–Crippen LogP) is 5.37. The quantitative estimate of drug-likeness (QED) is 0.485. The summed E-state index contributed by atoms with van der Waals surface area (Å²) in [5.41, 5.74) is 4.47. The molecule has 1 aliphatic heterocycles. The molecule has 1 N–H and O–H groups in total. The fraction of sp³-hybridized carbons (Fsp3) is 0.160. The van der Waals surface area contributed by atoms with Gasteiger partial charge in [-0.2, -0.15) is 0 Å². The first-order valence-electron chi connectivity index (χ1n) is 10.0. The third-order valence-corrected chi connectivity index (χ3v) is 5.90. The van der Waals surface area contributed by atoms with Crippen molar-refractivity contribution in [3.8, 4) is 5.75 Å². The van der Waals surface area contributed by atoms with Gasteiger partial charge in [0, 0.05) is 28.2 Å².